The van der Waals surface area contributed by atoms with Crippen LogP contribution in [0.15, 0.2) is 48.5 Å². The van der Waals surface area contributed by atoms with Crippen LogP contribution in [0, 0.1) is 17.7 Å². The third-order valence-corrected chi connectivity index (χ3v) is 6.70. The molecule has 0 spiro atoms. The molecule has 2 fully saturated rings. The van der Waals surface area contributed by atoms with Crippen LogP contribution in [0.4, 0.5) is 14.9 Å². The Labute approximate surface area is 201 Å². The number of amides is 2. The number of carbonyl (C=O) groups excluding carboxylic acids is 1. The van der Waals surface area contributed by atoms with E-state index >= 15 is 0 Å². The molecule has 0 radical (unpaired) electrons. The zero-order valence-corrected chi connectivity index (χ0v) is 19.9. The molecule has 7 heteroatoms. The number of rotatable bonds is 4. The van der Waals surface area contributed by atoms with E-state index in [1.807, 2.05) is 31.1 Å². The maximum absolute atomic E-state index is 14.1. The van der Waals surface area contributed by atoms with Crippen LogP contribution in [-0.4, -0.2) is 84.8 Å². The van der Waals surface area contributed by atoms with Crippen molar-refractivity contribution in [2.45, 2.75) is 30.8 Å². The van der Waals surface area contributed by atoms with Gasteiger partial charge in [-0.3, -0.25) is 9.80 Å². The van der Waals surface area contributed by atoms with Crippen molar-refractivity contribution in [2.75, 3.05) is 52.2 Å². The van der Waals surface area contributed by atoms with Gasteiger partial charge in [-0.2, -0.15) is 0 Å². The smallest absolute Gasteiger partial charge is 0.321 e. The van der Waals surface area contributed by atoms with Crippen molar-refractivity contribution in [3.05, 3.63) is 65.5 Å². The van der Waals surface area contributed by atoms with E-state index in [2.05, 4.69) is 34.2 Å². The molecule has 180 valence electrons. The number of para-hydroxylation sites is 1. The van der Waals surface area contributed by atoms with Crippen molar-refractivity contribution in [1.82, 2.24) is 14.7 Å². The van der Waals surface area contributed by atoms with E-state index in [1.165, 1.54) is 6.07 Å². The molecule has 0 aromatic heterocycles. The Hall–Kier alpha value is -2.92. The number of benzene rings is 2. The number of anilines is 1. The van der Waals surface area contributed by atoms with Gasteiger partial charge >= 0.3 is 6.03 Å². The molecule has 0 aliphatic carbocycles. The van der Waals surface area contributed by atoms with Crippen LogP contribution in [0.3, 0.4) is 0 Å². The zero-order valence-electron chi connectivity index (χ0n) is 19.9. The van der Waals surface area contributed by atoms with Crippen LogP contribution in [0.25, 0.3) is 0 Å². The summed E-state index contributed by atoms with van der Waals surface area (Å²) in [6, 6.07) is 14.3. The summed E-state index contributed by atoms with van der Waals surface area (Å²) in [6.45, 7) is 2.85. The molecule has 2 heterocycles. The molecule has 2 aliphatic rings. The topological polar surface area (TPSA) is 59.1 Å². The maximum Gasteiger partial charge on any atom is 0.321 e. The highest BCUT2D eigenvalue weighted by Crippen LogP contribution is 2.42. The Morgan fingerprint density at radius 1 is 1.15 bits per heavy atom. The van der Waals surface area contributed by atoms with E-state index in [1.54, 1.807) is 23.1 Å². The summed E-state index contributed by atoms with van der Waals surface area (Å²) in [7, 11) is 3.98. The van der Waals surface area contributed by atoms with Crippen molar-refractivity contribution in [1.29, 1.82) is 0 Å². The highest BCUT2D eigenvalue weighted by Gasteiger charge is 2.49. The third-order valence-electron chi connectivity index (χ3n) is 6.70. The summed E-state index contributed by atoms with van der Waals surface area (Å²) in [5, 5.41) is 12.9. The Morgan fingerprint density at radius 2 is 1.88 bits per heavy atom. The average Bonchev–Trinajstić information content (AvgIpc) is 2.80. The largest absolute Gasteiger partial charge is 0.395 e. The molecule has 0 unspecified atom stereocenters. The Bertz CT molecular complexity index is 1050. The molecule has 4 rings (SSSR count). The van der Waals surface area contributed by atoms with Gasteiger partial charge in [-0.05, 0) is 63.3 Å². The Kier molecular flexibility index (Phi) is 7.84. The molecule has 34 heavy (non-hydrogen) atoms. The summed E-state index contributed by atoms with van der Waals surface area (Å²) in [4.78, 5) is 19.1. The van der Waals surface area contributed by atoms with Crippen molar-refractivity contribution in [3.63, 3.8) is 0 Å². The molecular formula is C27H33FN4O2. The van der Waals surface area contributed by atoms with Crippen LogP contribution in [-0.2, 0) is 0 Å². The fraction of sp³-hybridized carbons (Fsp3) is 0.444. The van der Waals surface area contributed by atoms with Gasteiger partial charge in [0.1, 0.15) is 5.82 Å². The monoisotopic (exact) mass is 464 g/mol. The van der Waals surface area contributed by atoms with Gasteiger partial charge in [0.15, 0.2) is 0 Å². The fourth-order valence-corrected chi connectivity index (χ4v) is 4.97. The van der Waals surface area contributed by atoms with Gasteiger partial charge in [0.05, 0.1) is 18.8 Å². The average molecular weight is 465 g/mol. The number of hydrogen-bond donors (Lipinski definition) is 2. The number of urea groups is 1. The molecule has 2 saturated heterocycles. The van der Waals surface area contributed by atoms with E-state index in [0.717, 1.165) is 30.5 Å². The first-order valence-corrected chi connectivity index (χ1v) is 11.9. The summed E-state index contributed by atoms with van der Waals surface area (Å²) >= 11 is 0. The van der Waals surface area contributed by atoms with Crippen LogP contribution in [0.1, 0.15) is 29.9 Å². The second kappa shape index (κ2) is 11.0. The number of nitrogens with zero attached hydrogens (tertiary/aromatic N) is 3. The Balaban J connectivity index is 1.49. The number of halogens is 1. The van der Waals surface area contributed by atoms with E-state index in [0.29, 0.717) is 19.6 Å². The first kappa shape index (κ1) is 24.2. The van der Waals surface area contributed by atoms with Crippen LogP contribution < -0.4 is 5.32 Å². The fourth-order valence-electron chi connectivity index (χ4n) is 4.97. The van der Waals surface area contributed by atoms with Crippen molar-refractivity contribution in [3.8, 4) is 11.8 Å². The van der Waals surface area contributed by atoms with Gasteiger partial charge < -0.3 is 15.3 Å². The molecular weight excluding hydrogens is 431 g/mol. The molecule has 2 amide bonds. The van der Waals surface area contributed by atoms with Crippen LogP contribution in [0.5, 0.6) is 0 Å². The number of hydrogen-bond acceptors (Lipinski definition) is 4. The minimum atomic E-state index is -0.444. The lowest BCUT2D eigenvalue weighted by Gasteiger charge is -2.57. The number of fused-ring (bicyclic) bond motifs is 1. The van der Waals surface area contributed by atoms with Crippen LogP contribution >= 0.6 is 0 Å². The predicted octanol–water partition coefficient (Wildman–Crippen LogP) is 3.20. The SMILES string of the molecule is CN(C)CC#Cc1ccc([C@H]2[C@H](CO)N3CCCCN(C(=O)Nc4ccccc4F)C[C@@H]23)cc1. The molecule has 2 aromatic rings. The normalized spacial score (nSPS) is 22.6. The van der Waals surface area contributed by atoms with Gasteiger partial charge in [-0.1, -0.05) is 36.1 Å². The van der Waals surface area contributed by atoms with Crippen molar-refractivity contribution in [2.24, 2.45) is 0 Å². The third kappa shape index (κ3) is 5.41. The molecule has 0 bridgehead atoms. The number of aliphatic hydroxyl groups excluding tert-OH is 1. The quantitative estimate of drug-likeness (QED) is 0.683. The summed E-state index contributed by atoms with van der Waals surface area (Å²) in [5.74, 6) is 6.01. The van der Waals surface area contributed by atoms with Crippen molar-refractivity contribution >= 4 is 11.7 Å². The second-order valence-electron chi connectivity index (χ2n) is 9.31. The minimum absolute atomic E-state index is 0.0326. The van der Waals surface area contributed by atoms with E-state index < -0.39 is 5.82 Å². The van der Waals surface area contributed by atoms with Gasteiger partial charge in [0, 0.05) is 36.7 Å². The Morgan fingerprint density at radius 3 is 2.59 bits per heavy atom. The number of nitrogens with one attached hydrogen (secondary N) is 1. The lowest BCUT2D eigenvalue weighted by Crippen LogP contribution is -2.68. The summed E-state index contributed by atoms with van der Waals surface area (Å²) in [6.07, 6.45) is 1.82. The van der Waals surface area contributed by atoms with E-state index in [9.17, 15) is 14.3 Å². The highest BCUT2D eigenvalue weighted by molar-refractivity contribution is 5.89. The zero-order chi connectivity index (χ0) is 24.1. The first-order chi connectivity index (χ1) is 16.5. The maximum atomic E-state index is 14.1. The van der Waals surface area contributed by atoms with Gasteiger partial charge in [0.25, 0.3) is 0 Å². The van der Waals surface area contributed by atoms with Crippen LogP contribution in [0.2, 0.25) is 0 Å². The molecule has 6 nitrogen and oxygen atoms in total. The molecule has 0 saturated carbocycles. The minimum Gasteiger partial charge on any atom is -0.395 e. The highest BCUT2D eigenvalue weighted by atomic mass is 19.1. The molecule has 2 aliphatic heterocycles. The van der Waals surface area contributed by atoms with Gasteiger partial charge in [-0.25, -0.2) is 9.18 Å². The standard InChI is InChI=1S/C27H33FN4O2/c1-30(2)15-7-8-20-11-13-21(14-12-20)26-24-18-31(16-5-6-17-32(24)25(26)19-33)27(34)29-23-10-4-3-9-22(23)28/h3-4,9-14,24-26,33H,5-6,15-19H2,1-2H3,(H,29,34)/t24-,25-,26+/m0/s1. The molecule has 2 N–H and O–H groups in total. The first-order valence-electron chi connectivity index (χ1n) is 11.9. The lowest BCUT2D eigenvalue weighted by molar-refractivity contribution is -0.0585. The number of aliphatic hydroxyl groups is 1. The second-order valence-corrected chi connectivity index (χ2v) is 9.31. The van der Waals surface area contributed by atoms with Gasteiger partial charge in [-0.15, -0.1) is 0 Å². The molecule has 3 atom stereocenters. The van der Waals surface area contributed by atoms with Crippen molar-refractivity contribution < 1.29 is 14.3 Å². The summed E-state index contributed by atoms with van der Waals surface area (Å²) < 4.78 is 14.1. The summed E-state index contributed by atoms with van der Waals surface area (Å²) in [5.41, 5.74) is 2.30. The molecule has 2 aromatic carbocycles. The lowest BCUT2D eigenvalue weighted by atomic mass is 9.74. The van der Waals surface area contributed by atoms with Gasteiger partial charge in [0.2, 0.25) is 0 Å². The van der Waals surface area contributed by atoms with E-state index in [-0.39, 0.29) is 36.3 Å². The van der Waals surface area contributed by atoms with E-state index in [4.69, 9.17) is 0 Å². The number of carbonyl (C=O) groups is 1. The predicted molar refractivity (Wildman–Crippen MR) is 132 cm³/mol.